The number of amides is 1. The molecule has 4 rings (SSSR count). The van der Waals surface area contributed by atoms with E-state index < -0.39 is 11.6 Å². The van der Waals surface area contributed by atoms with Crippen LogP contribution in [0.1, 0.15) is 12.0 Å². The zero-order chi connectivity index (χ0) is 19.5. The lowest BCUT2D eigenvalue weighted by atomic mass is 10.0. The van der Waals surface area contributed by atoms with Gasteiger partial charge in [-0.15, -0.1) is 0 Å². The first-order chi connectivity index (χ1) is 13.6. The standard InChI is InChI=1S/C23H18F2N2O/c24-17-12-19(15-6-2-1-3-7-15)23(20(25)13-17)27-22(28)11-10-16-14-26-21-9-5-4-8-18(16)21/h1-9,12-14,26H,10-11H2,(H,27,28). The van der Waals surface area contributed by atoms with Gasteiger partial charge in [-0.3, -0.25) is 4.79 Å². The van der Waals surface area contributed by atoms with E-state index in [-0.39, 0.29) is 18.0 Å². The third-order valence-corrected chi connectivity index (χ3v) is 4.70. The Morgan fingerprint density at radius 2 is 1.71 bits per heavy atom. The number of nitrogens with one attached hydrogen (secondary N) is 2. The average Bonchev–Trinajstić information content (AvgIpc) is 3.12. The molecule has 0 aliphatic heterocycles. The number of aryl methyl sites for hydroxylation is 1. The molecule has 1 aromatic heterocycles. The summed E-state index contributed by atoms with van der Waals surface area (Å²) in [4.78, 5) is 15.7. The maximum atomic E-state index is 14.4. The van der Waals surface area contributed by atoms with Gasteiger partial charge < -0.3 is 10.3 Å². The van der Waals surface area contributed by atoms with Gasteiger partial charge in [0, 0.05) is 35.2 Å². The van der Waals surface area contributed by atoms with Crippen LogP contribution >= 0.6 is 0 Å². The van der Waals surface area contributed by atoms with E-state index in [2.05, 4.69) is 10.3 Å². The Morgan fingerprint density at radius 3 is 2.54 bits per heavy atom. The van der Waals surface area contributed by atoms with E-state index in [0.717, 1.165) is 22.5 Å². The lowest BCUT2D eigenvalue weighted by Crippen LogP contribution is -2.14. The molecule has 0 radical (unpaired) electrons. The molecule has 3 aromatic carbocycles. The van der Waals surface area contributed by atoms with Crippen LogP contribution in [0.4, 0.5) is 14.5 Å². The predicted molar refractivity (Wildman–Crippen MR) is 107 cm³/mol. The summed E-state index contributed by atoms with van der Waals surface area (Å²) in [6.07, 6.45) is 2.58. The quantitative estimate of drug-likeness (QED) is 0.462. The maximum absolute atomic E-state index is 14.4. The Labute approximate surface area is 161 Å². The fraction of sp³-hybridized carbons (Fsp3) is 0.0870. The molecule has 0 atom stereocenters. The number of para-hydroxylation sites is 1. The Hall–Kier alpha value is -3.47. The highest BCUT2D eigenvalue weighted by molar-refractivity contribution is 5.96. The second-order valence-corrected chi connectivity index (χ2v) is 6.58. The summed E-state index contributed by atoms with van der Waals surface area (Å²) in [6.45, 7) is 0. The van der Waals surface area contributed by atoms with Crippen molar-refractivity contribution in [3.05, 3.63) is 90.1 Å². The second-order valence-electron chi connectivity index (χ2n) is 6.58. The number of benzene rings is 3. The molecule has 2 N–H and O–H groups in total. The molecule has 1 amide bonds. The van der Waals surface area contributed by atoms with Gasteiger partial charge in [0.15, 0.2) is 0 Å². The van der Waals surface area contributed by atoms with Crippen LogP contribution in [0, 0.1) is 11.6 Å². The van der Waals surface area contributed by atoms with Crippen molar-refractivity contribution in [2.75, 3.05) is 5.32 Å². The Kier molecular flexibility index (Phi) is 4.89. The summed E-state index contributed by atoms with van der Waals surface area (Å²) in [6, 6.07) is 18.7. The molecule has 28 heavy (non-hydrogen) atoms. The van der Waals surface area contributed by atoms with Gasteiger partial charge in [-0.25, -0.2) is 8.78 Å². The molecule has 0 unspecified atom stereocenters. The molecule has 0 saturated carbocycles. The number of hydrogen-bond acceptors (Lipinski definition) is 1. The van der Waals surface area contributed by atoms with Gasteiger partial charge in [-0.2, -0.15) is 0 Å². The van der Waals surface area contributed by atoms with Crippen molar-refractivity contribution in [1.82, 2.24) is 4.98 Å². The number of rotatable bonds is 5. The van der Waals surface area contributed by atoms with Crippen LogP contribution in [0.3, 0.4) is 0 Å². The SMILES string of the molecule is O=C(CCc1c[nH]c2ccccc12)Nc1c(F)cc(F)cc1-c1ccccc1. The van der Waals surface area contributed by atoms with Gasteiger partial charge in [0.1, 0.15) is 11.6 Å². The summed E-state index contributed by atoms with van der Waals surface area (Å²) in [5.74, 6) is -1.81. The van der Waals surface area contributed by atoms with Gasteiger partial charge >= 0.3 is 0 Å². The van der Waals surface area contributed by atoms with Gasteiger partial charge in [-0.05, 0) is 29.7 Å². The van der Waals surface area contributed by atoms with Crippen LogP contribution in [0.25, 0.3) is 22.0 Å². The first-order valence-corrected chi connectivity index (χ1v) is 9.01. The molecule has 5 heteroatoms. The van der Waals surface area contributed by atoms with E-state index in [4.69, 9.17) is 0 Å². The van der Waals surface area contributed by atoms with Crippen molar-refractivity contribution >= 4 is 22.5 Å². The first kappa shape index (κ1) is 17.9. The average molecular weight is 376 g/mol. The summed E-state index contributed by atoms with van der Waals surface area (Å²) in [5, 5.41) is 3.69. The normalized spacial score (nSPS) is 10.9. The molecular weight excluding hydrogens is 358 g/mol. The molecule has 0 aliphatic carbocycles. The van der Waals surface area contributed by atoms with Crippen molar-refractivity contribution in [1.29, 1.82) is 0 Å². The number of carbonyl (C=O) groups is 1. The van der Waals surface area contributed by atoms with Crippen LogP contribution in [0.5, 0.6) is 0 Å². The minimum Gasteiger partial charge on any atom is -0.361 e. The molecule has 3 nitrogen and oxygen atoms in total. The molecule has 0 saturated heterocycles. The molecule has 0 spiro atoms. The molecule has 140 valence electrons. The number of H-pyrrole nitrogens is 1. The van der Waals surface area contributed by atoms with Crippen LogP contribution in [0.2, 0.25) is 0 Å². The highest BCUT2D eigenvalue weighted by Gasteiger charge is 2.16. The van der Waals surface area contributed by atoms with Gasteiger partial charge in [0.2, 0.25) is 5.91 Å². The van der Waals surface area contributed by atoms with Crippen LogP contribution in [0.15, 0.2) is 72.9 Å². The largest absolute Gasteiger partial charge is 0.361 e. The lowest BCUT2D eigenvalue weighted by molar-refractivity contribution is -0.116. The zero-order valence-electron chi connectivity index (χ0n) is 15.0. The number of carbonyl (C=O) groups excluding carboxylic acids is 1. The molecule has 0 bridgehead atoms. The summed E-state index contributed by atoms with van der Waals surface area (Å²) in [5.41, 5.74) is 2.98. The lowest BCUT2D eigenvalue weighted by Gasteiger charge is -2.13. The fourth-order valence-electron chi connectivity index (χ4n) is 3.33. The van der Waals surface area contributed by atoms with E-state index in [9.17, 15) is 13.6 Å². The molecule has 1 heterocycles. The highest BCUT2D eigenvalue weighted by Crippen LogP contribution is 2.31. The molecule has 0 fully saturated rings. The number of aromatic nitrogens is 1. The highest BCUT2D eigenvalue weighted by atomic mass is 19.1. The summed E-state index contributed by atoms with van der Waals surface area (Å²) in [7, 11) is 0. The van der Waals surface area contributed by atoms with Crippen molar-refractivity contribution in [2.45, 2.75) is 12.8 Å². The van der Waals surface area contributed by atoms with E-state index in [1.165, 1.54) is 6.07 Å². The van der Waals surface area contributed by atoms with Crippen molar-refractivity contribution in [3.8, 4) is 11.1 Å². The van der Waals surface area contributed by atoms with E-state index in [1.54, 1.807) is 24.3 Å². The molecular formula is C23H18F2N2O. The van der Waals surface area contributed by atoms with Gasteiger partial charge in [0.25, 0.3) is 0 Å². The van der Waals surface area contributed by atoms with Crippen molar-refractivity contribution < 1.29 is 13.6 Å². The third kappa shape index (κ3) is 3.64. The Balaban J connectivity index is 1.55. The number of fused-ring (bicyclic) bond motifs is 1. The number of hydrogen-bond donors (Lipinski definition) is 2. The minimum atomic E-state index is -0.792. The number of halogens is 2. The van der Waals surface area contributed by atoms with E-state index >= 15 is 0 Å². The van der Waals surface area contributed by atoms with Crippen LogP contribution < -0.4 is 5.32 Å². The Morgan fingerprint density at radius 1 is 0.964 bits per heavy atom. The van der Waals surface area contributed by atoms with Crippen molar-refractivity contribution in [3.63, 3.8) is 0 Å². The monoisotopic (exact) mass is 376 g/mol. The smallest absolute Gasteiger partial charge is 0.224 e. The first-order valence-electron chi connectivity index (χ1n) is 9.01. The summed E-state index contributed by atoms with van der Waals surface area (Å²) >= 11 is 0. The second kappa shape index (κ2) is 7.64. The van der Waals surface area contributed by atoms with E-state index in [0.29, 0.717) is 17.5 Å². The molecule has 4 aromatic rings. The minimum absolute atomic E-state index is 0.00322. The topological polar surface area (TPSA) is 44.9 Å². The van der Waals surface area contributed by atoms with Gasteiger partial charge in [0.05, 0.1) is 5.69 Å². The predicted octanol–water partition coefficient (Wildman–Crippen LogP) is 5.68. The maximum Gasteiger partial charge on any atom is 0.224 e. The molecule has 0 aliphatic rings. The summed E-state index contributed by atoms with van der Waals surface area (Å²) < 4.78 is 28.2. The third-order valence-electron chi connectivity index (χ3n) is 4.70. The Bertz CT molecular complexity index is 1140. The fourth-order valence-corrected chi connectivity index (χ4v) is 3.33. The number of anilines is 1. The van der Waals surface area contributed by atoms with Crippen LogP contribution in [-0.2, 0) is 11.2 Å². The van der Waals surface area contributed by atoms with Crippen molar-refractivity contribution in [2.24, 2.45) is 0 Å². The van der Waals surface area contributed by atoms with Gasteiger partial charge in [-0.1, -0.05) is 48.5 Å². The number of aromatic amines is 1. The zero-order valence-corrected chi connectivity index (χ0v) is 15.0. The van der Waals surface area contributed by atoms with Crippen LogP contribution in [-0.4, -0.2) is 10.9 Å². The van der Waals surface area contributed by atoms with E-state index in [1.807, 2.05) is 36.5 Å².